The highest BCUT2D eigenvalue weighted by atomic mass is 35.5. The molecule has 2 rings (SSSR count). The van der Waals surface area contributed by atoms with Gasteiger partial charge in [-0.3, -0.25) is 0 Å². The van der Waals surface area contributed by atoms with Crippen molar-refractivity contribution in [3.63, 3.8) is 0 Å². The maximum absolute atomic E-state index is 5.93. The number of hydrogen-bond acceptors (Lipinski definition) is 2. The molecule has 0 saturated carbocycles. The molecule has 0 radical (unpaired) electrons. The van der Waals surface area contributed by atoms with Gasteiger partial charge in [-0.2, -0.15) is 0 Å². The molecule has 0 amide bonds. The minimum absolute atomic E-state index is 0.456. The number of halogens is 1. The Balaban J connectivity index is 1.86. The van der Waals surface area contributed by atoms with Crippen LogP contribution in [0.4, 0.5) is 0 Å². The first-order valence-electron chi connectivity index (χ1n) is 6.99. The lowest BCUT2D eigenvalue weighted by Gasteiger charge is -2.26. The van der Waals surface area contributed by atoms with Gasteiger partial charge in [-0.1, -0.05) is 30.7 Å². The Bertz CT molecular complexity index is 344. The number of hydrogen-bond donors (Lipinski definition) is 2. The fourth-order valence-corrected chi connectivity index (χ4v) is 2.71. The van der Waals surface area contributed by atoms with Gasteiger partial charge < -0.3 is 10.6 Å². The van der Waals surface area contributed by atoms with Crippen molar-refractivity contribution in [2.75, 3.05) is 19.6 Å². The zero-order chi connectivity index (χ0) is 12.8. The van der Waals surface area contributed by atoms with Crippen molar-refractivity contribution >= 4 is 11.6 Å². The molecule has 2 N–H and O–H groups in total. The Hall–Kier alpha value is -0.570. The highest BCUT2D eigenvalue weighted by Gasteiger charge is 2.15. The Kier molecular flexibility index (Phi) is 5.48. The molecule has 1 fully saturated rings. The molecule has 1 unspecified atom stereocenters. The second-order valence-corrected chi connectivity index (χ2v) is 5.55. The van der Waals surface area contributed by atoms with Crippen LogP contribution in [0.15, 0.2) is 24.3 Å². The number of nitrogens with one attached hydrogen (secondary N) is 2. The van der Waals surface area contributed by atoms with Gasteiger partial charge in [-0.15, -0.1) is 0 Å². The lowest BCUT2D eigenvalue weighted by molar-refractivity contribution is 0.338. The lowest BCUT2D eigenvalue weighted by atomic mass is 9.97. The minimum atomic E-state index is 0.456. The van der Waals surface area contributed by atoms with Gasteiger partial charge in [0, 0.05) is 11.1 Å². The van der Waals surface area contributed by atoms with E-state index in [1.807, 2.05) is 12.1 Å². The Morgan fingerprint density at radius 2 is 1.94 bits per heavy atom. The van der Waals surface area contributed by atoms with E-state index in [0.717, 1.165) is 23.9 Å². The zero-order valence-corrected chi connectivity index (χ0v) is 11.8. The predicted octanol–water partition coefficient (Wildman–Crippen LogP) is 3.38. The molecular weight excluding hydrogens is 244 g/mol. The molecule has 1 atom stereocenters. The summed E-state index contributed by atoms with van der Waals surface area (Å²) >= 11 is 5.93. The zero-order valence-electron chi connectivity index (χ0n) is 11.1. The van der Waals surface area contributed by atoms with E-state index in [-0.39, 0.29) is 0 Å². The van der Waals surface area contributed by atoms with Crippen LogP contribution in [-0.4, -0.2) is 19.6 Å². The van der Waals surface area contributed by atoms with E-state index in [1.165, 1.54) is 31.5 Å². The number of rotatable bonds is 5. The Morgan fingerprint density at radius 3 is 2.56 bits per heavy atom. The van der Waals surface area contributed by atoms with Gasteiger partial charge in [-0.05, 0) is 62.5 Å². The summed E-state index contributed by atoms with van der Waals surface area (Å²) in [5.74, 6) is 0.826. The minimum Gasteiger partial charge on any atom is -0.317 e. The maximum atomic E-state index is 5.93. The smallest absolute Gasteiger partial charge is 0.0406 e. The van der Waals surface area contributed by atoms with E-state index >= 15 is 0 Å². The molecule has 0 aromatic heterocycles. The molecule has 1 saturated heterocycles. The second kappa shape index (κ2) is 7.13. The van der Waals surface area contributed by atoms with Crippen molar-refractivity contribution in [2.24, 2.45) is 5.92 Å². The Labute approximate surface area is 115 Å². The van der Waals surface area contributed by atoms with E-state index in [9.17, 15) is 0 Å². The lowest BCUT2D eigenvalue weighted by Crippen LogP contribution is -2.34. The van der Waals surface area contributed by atoms with E-state index in [0.29, 0.717) is 6.04 Å². The fourth-order valence-electron chi connectivity index (χ4n) is 2.59. The highest BCUT2D eigenvalue weighted by molar-refractivity contribution is 6.30. The van der Waals surface area contributed by atoms with Gasteiger partial charge >= 0.3 is 0 Å². The third kappa shape index (κ3) is 3.98. The standard InChI is InChI=1S/C15H23ClN2/c1-2-15(13-3-5-14(16)6-4-13)18-11-12-7-9-17-10-8-12/h3-6,12,15,17-18H,2,7-11H2,1H3. The van der Waals surface area contributed by atoms with Crippen molar-refractivity contribution < 1.29 is 0 Å². The SMILES string of the molecule is CCC(NCC1CCNCC1)c1ccc(Cl)cc1. The molecule has 0 bridgehead atoms. The van der Waals surface area contributed by atoms with Gasteiger partial charge in [0.15, 0.2) is 0 Å². The van der Waals surface area contributed by atoms with E-state index in [1.54, 1.807) is 0 Å². The molecular formula is C15H23ClN2. The van der Waals surface area contributed by atoms with Crippen LogP contribution in [0.1, 0.15) is 37.8 Å². The summed E-state index contributed by atoms with van der Waals surface area (Å²) in [6.07, 6.45) is 3.71. The molecule has 1 aliphatic heterocycles. The largest absolute Gasteiger partial charge is 0.317 e. The van der Waals surface area contributed by atoms with Crippen molar-refractivity contribution in [3.05, 3.63) is 34.9 Å². The summed E-state index contributed by atoms with van der Waals surface area (Å²) in [7, 11) is 0. The molecule has 1 heterocycles. The predicted molar refractivity (Wildman–Crippen MR) is 78.1 cm³/mol. The van der Waals surface area contributed by atoms with Gasteiger partial charge in [-0.25, -0.2) is 0 Å². The normalized spacial score (nSPS) is 18.8. The average Bonchev–Trinajstić information content (AvgIpc) is 2.42. The molecule has 18 heavy (non-hydrogen) atoms. The Morgan fingerprint density at radius 1 is 1.28 bits per heavy atom. The van der Waals surface area contributed by atoms with Crippen LogP contribution in [0.5, 0.6) is 0 Å². The summed E-state index contributed by atoms with van der Waals surface area (Å²) in [4.78, 5) is 0. The van der Waals surface area contributed by atoms with Gasteiger partial charge in [0.25, 0.3) is 0 Å². The first-order chi connectivity index (χ1) is 8.79. The topological polar surface area (TPSA) is 24.1 Å². The molecule has 2 nitrogen and oxygen atoms in total. The van der Waals surface area contributed by atoms with Gasteiger partial charge in [0.05, 0.1) is 0 Å². The number of benzene rings is 1. The molecule has 3 heteroatoms. The highest BCUT2D eigenvalue weighted by Crippen LogP contribution is 2.20. The molecule has 100 valence electrons. The van der Waals surface area contributed by atoms with Crippen LogP contribution in [-0.2, 0) is 0 Å². The molecule has 0 spiro atoms. The summed E-state index contributed by atoms with van der Waals surface area (Å²) in [5, 5.41) is 7.93. The molecule has 0 aliphatic carbocycles. The van der Waals surface area contributed by atoms with Crippen molar-refractivity contribution in [1.29, 1.82) is 0 Å². The van der Waals surface area contributed by atoms with Crippen LogP contribution in [0.3, 0.4) is 0 Å². The van der Waals surface area contributed by atoms with E-state index in [4.69, 9.17) is 11.6 Å². The summed E-state index contributed by atoms with van der Waals surface area (Å²) in [6.45, 7) is 5.70. The molecule has 1 aromatic carbocycles. The summed E-state index contributed by atoms with van der Waals surface area (Å²) in [5.41, 5.74) is 1.34. The third-order valence-corrected chi connectivity index (χ3v) is 4.04. The number of piperidine rings is 1. The maximum Gasteiger partial charge on any atom is 0.0406 e. The monoisotopic (exact) mass is 266 g/mol. The van der Waals surface area contributed by atoms with Crippen LogP contribution < -0.4 is 10.6 Å². The summed E-state index contributed by atoms with van der Waals surface area (Å²) in [6, 6.07) is 8.67. The van der Waals surface area contributed by atoms with Crippen LogP contribution in [0.2, 0.25) is 5.02 Å². The van der Waals surface area contributed by atoms with Crippen molar-refractivity contribution in [3.8, 4) is 0 Å². The third-order valence-electron chi connectivity index (χ3n) is 3.79. The van der Waals surface area contributed by atoms with Crippen LogP contribution >= 0.6 is 11.6 Å². The quantitative estimate of drug-likeness (QED) is 0.854. The van der Waals surface area contributed by atoms with Crippen molar-refractivity contribution in [1.82, 2.24) is 10.6 Å². The fraction of sp³-hybridized carbons (Fsp3) is 0.600. The van der Waals surface area contributed by atoms with Gasteiger partial charge in [0.1, 0.15) is 0 Å². The van der Waals surface area contributed by atoms with Crippen molar-refractivity contribution in [2.45, 2.75) is 32.2 Å². The summed E-state index contributed by atoms with van der Waals surface area (Å²) < 4.78 is 0. The van der Waals surface area contributed by atoms with Crippen LogP contribution in [0.25, 0.3) is 0 Å². The van der Waals surface area contributed by atoms with E-state index in [2.05, 4.69) is 29.7 Å². The molecule has 1 aromatic rings. The van der Waals surface area contributed by atoms with E-state index < -0.39 is 0 Å². The molecule has 1 aliphatic rings. The van der Waals surface area contributed by atoms with Crippen LogP contribution in [0, 0.1) is 5.92 Å². The first-order valence-corrected chi connectivity index (χ1v) is 7.37. The van der Waals surface area contributed by atoms with Gasteiger partial charge in [0.2, 0.25) is 0 Å². The second-order valence-electron chi connectivity index (χ2n) is 5.11. The average molecular weight is 267 g/mol. The first kappa shape index (κ1) is 13.9.